The molecule has 1 aliphatic heterocycles. The minimum Gasteiger partial charge on any atom is -0.322 e. The molecule has 0 aliphatic carbocycles. The molecule has 0 bridgehead atoms. The number of aryl methyl sites for hydroxylation is 3. The van der Waals surface area contributed by atoms with Gasteiger partial charge in [0.15, 0.2) is 0 Å². The van der Waals surface area contributed by atoms with Gasteiger partial charge >= 0.3 is 0 Å². The molecule has 1 fully saturated rings. The molecular formula is C30H34N2O2S. The predicted octanol–water partition coefficient (Wildman–Crippen LogP) is 7.46. The molecule has 1 heterocycles. The molecule has 4 rings (SSSR count). The zero-order valence-corrected chi connectivity index (χ0v) is 21.7. The van der Waals surface area contributed by atoms with Crippen LogP contribution < -0.4 is 10.2 Å². The summed E-state index contributed by atoms with van der Waals surface area (Å²) in [4.78, 5) is 27.6. The van der Waals surface area contributed by atoms with Crippen LogP contribution in [-0.4, -0.2) is 17.6 Å². The number of carbonyl (C=O) groups is 2. The summed E-state index contributed by atoms with van der Waals surface area (Å²) in [6, 6.07) is 21.9. The molecular weight excluding hydrogens is 452 g/mol. The molecule has 0 spiro atoms. The Balaban J connectivity index is 1.46. The number of rotatable bonds is 9. The molecule has 0 unspecified atom stereocenters. The van der Waals surface area contributed by atoms with Crippen LogP contribution in [0.25, 0.3) is 0 Å². The summed E-state index contributed by atoms with van der Waals surface area (Å²) >= 11 is 1.62. The summed E-state index contributed by atoms with van der Waals surface area (Å²) in [6.07, 6.45) is 6.00. The fourth-order valence-corrected chi connectivity index (χ4v) is 5.72. The number of hydrogen-bond donors (Lipinski definition) is 1. The van der Waals surface area contributed by atoms with E-state index in [9.17, 15) is 9.59 Å². The highest BCUT2D eigenvalue weighted by Crippen LogP contribution is 2.43. The van der Waals surface area contributed by atoms with Crippen LogP contribution in [0.15, 0.2) is 66.7 Å². The van der Waals surface area contributed by atoms with Crippen LogP contribution in [0.3, 0.4) is 0 Å². The van der Waals surface area contributed by atoms with Crippen molar-refractivity contribution in [1.29, 1.82) is 0 Å². The summed E-state index contributed by atoms with van der Waals surface area (Å²) in [5.41, 5.74) is 6.86. The third kappa shape index (κ3) is 6.15. The fourth-order valence-electron chi connectivity index (χ4n) is 4.56. The topological polar surface area (TPSA) is 49.4 Å². The number of thioether (sulfide) groups is 1. The Morgan fingerprint density at radius 1 is 1.00 bits per heavy atom. The fraction of sp³-hybridized carbons (Fsp3) is 0.333. The monoisotopic (exact) mass is 486 g/mol. The molecule has 1 atom stereocenters. The lowest BCUT2D eigenvalue weighted by Gasteiger charge is -2.26. The number of nitrogens with one attached hydrogen (secondary N) is 1. The Morgan fingerprint density at radius 3 is 2.54 bits per heavy atom. The van der Waals surface area contributed by atoms with E-state index in [2.05, 4.69) is 37.4 Å². The Hall–Kier alpha value is -3.05. The van der Waals surface area contributed by atoms with Crippen LogP contribution in [0.4, 0.5) is 11.4 Å². The second-order valence-corrected chi connectivity index (χ2v) is 10.4. The van der Waals surface area contributed by atoms with Gasteiger partial charge in [0.2, 0.25) is 5.91 Å². The summed E-state index contributed by atoms with van der Waals surface area (Å²) in [6.45, 7) is 6.32. The average Bonchev–Trinajstić information content (AvgIpc) is 3.23. The van der Waals surface area contributed by atoms with Gasteiger partial charge < -0.3 is 5.32 Å². The van der Waals surface area contributed by atoms with E-state index in [-0.39, 0.29) is 17.2 Å². The van der Waals surface area contributed by atoms with Gasteiger partial charge in [-0.1, -0.05) is 68.1 Å². The minimum absolute atomic E-state index is 0.108. The van der Waals surface area contributed by atoms with Crippen molar-refractivity contribution in [3.8, 4) is 0 Å². The van der Waals surface area contributed by atoms with E-state index < -0.39 is 0 Å². The van der Waals surface area contributed by atoms with Crippen molar-refractivity contribution >= 4 is 35.0 Å². The molecule has 1 N–H and O–H groups in total. The Kier molecular flexibility index (Phi) is 8.29. The second-order valence-electron chi connectivity index (χ2n) is 9.30. The SMILES string of the molecule is CCCCCCc1ccc(C(=O)Nc2cccc([C@@H]3SCC(=O)N3c3ccc(C)cc3C)c2)cc1. The maximum Gasteiger partial charge on any atom is 0.255 e. The van der Waals surface area contributed by atoms with E-state index >= 15 is 0 Å². The highest BCUT2D eigenvalue weighted by Gasteiger charge is 2.34. The Labute approximate surface area is 213 Å². The van der Waals surface area contributed by atoms with Gasteiger partial charge in [-0.05, 0) is 73.7 Å². The van der Waals surface area contributed by atoms with Crippen LogP contribution in [-0.2, 0) is 11.2 Å². The van der Waals surface area contributed by atoms with Crippen molar-refractivity contribution in [3.05, 3.63) is 94.5 Å². The van der Waals surface area contributed by atoms with Crippen LogP contribution in [0.1, 0.15) is 70.6 Å². The lowest BCUT2D eigenvalue weighted by Crippen LogP contribution is -2.28. The van der Waals surface area contributed by atoms with E-state index in [0.29, 0.717) is 11.3 Å². The van der Waals surface area contributed by atoms with Gasteiger partial charge in [0.25, 0.3) is 5.91 Å². The molecule has 35 heavy (non-hydrogen) atoms. The molecule has 0 aromatic heterocycles. The third-order valence-electron chi connectivity index (χ3n) is 6.44. The highest BCUT2D eigenvalue weighted by atomic mass is 32.2. The molecule has 1 aliphatic rings. The first-order chi connectivity index (χ1) is 17.0. The number of amides is 2. The zero-order valence-electron chi connectivity index (χ0n) is 20.8. The van der Waals surface area contributed by atoms with Gasteiger partial charge in [0.05, 0.1) is 5.75 Å². The van der Waals surface area contributed by atoms with E-state index in [0.717, 1.165) is 28.9 Å². The van der Waals surface area contributed by atoms with Crippen molar-refractivity contribution in [2.45, 2.75) is 58.2 Å². The second kappa shape index (κ2) is 11.6. The van der Waals surface area contributed by atoms with E-state index in [1.165, 1.54) is 36.8 Å². The summed E-state index contributed by atoms with van der Waals surface area (Å²) in [5.74, 6) is 0.427. The van der Waals surface area contributed by atoms with Crippen molar-refractivity contribution in [3.63, 3.8) is 0 Å². The first-order valence-corrected chi connectivity index (χ1v) is 13.5. The third-order valence-corrected chi connectivity index (χ3v) is 7.66. The molecule has 182 valence electrons. The first kappa shape index (κ1) is 25.1. The lowest BCUT2D eigenvalue weighted by atomic mass is 10.0. The summed E-state index contributed by atoms with van der Waals surface area (Å²) < 4.78 is 0. The quantitative estimate of drug-likeness (QED) is 0.319. The molecule has 2 amide bonds. The number of anilines is 2. The Morgan fingerprint density at radius 2 is 1.80 bits per heavy atom. The van der Waals surface area contributed by atoms with Gasteiger partial charge in [0, 0.05) is 16.9 Å². The van der Waals surface area contributed by atoms with Gasteiger partial charge in [0.1, 0.15) is 5.37 Å². The van der Waals surface area contributed by atoms with Crippen molar-refractivity contribution in [1.82, 2.24) is 0 Å². The largest absolute Gasteiger partial charge is 0.322 e. The highest BCUT2D eigenvalue weighted by molar-refractivity contribution is 8.00. The van der Waals surface area contributed by atoms with Gasteiger partial charge in [-0.3, -0.25) is 14.5 Å². The molecule has 0 radical (unpaired) electrons. The predicted molar refractivity (Wildman–Crippen MR) is 147 cm³/mol. The molecule has 4 nitrogen and oxygen atoms in total. The van der Waals surface area contributed by atoms with Crippen LogP contribution in [0.5, 0.6) is 0 Å². The summed E-state index contributed by atoms with van der Waals surface area (Å²) in [5, 5.41) is 2.92. The molecule has 5 heteroatoms. The molecule has 1 saturated heterocycles. The molecule has 3 aromatic rings. The number of hydrogen-bond acceptors (Lipinski definition) is 3. The zero-order chi connectivity index (χ0) is 24.8. The maximum absolute atomic E-state index is 12.9. The van der Waals surface area contributed by atoms with Crippen LogP contribution in [0.2, 0.25) is 0 Å². The van der Waals surface area contributed by atoms with Gasteiger partial charge in [-0.15, -0.1) is 11.8 Å². The van der Waals surface area contributed by atoms with Crippen molar-refractivity contribution in [2.24, 2.45) is 0 Å². The van der Waals surface area contributed by atoms with Crippen molar-refractivity contribution in [2.75, 3.05) is 16.0 Å². The lowest BCUT2D eigenvalue weighted by molar-refractivity contribution is -0.115. The number of nitrogens with zero attached hydrogens (tertiary/aromatic N) is 1. The van der Waals surface area contributed by atoms with Gasteiger partial charge in [-0.25, -0.2) is 0 Å². The smallest absolute Gasteiger partial charge is 0.255 e. The normalized spacial score (nSPS) is 15.5. The van der Waals surface area contributed by atoms with Gasteiger partial charge in [-0.2, -0.15) is 0 Å². The average molecular weight is 487 g/mol. The van der Waals surface area contributed by atoms with E-state index in [1.54, 1.807) is 11.8 Å². The maximum atomic E-state index is 12.9. The number of carbonyl (C=O) groups excluding carboxylic acids is 2. The molecule has 0 saturated carbocycles. The van der Waals surface area contributed by atoms with Crippen LogP contribution >= 0.6 is 11.8 Å². The van der Waals surface area contributed by atoms with E-state index in [4.69, 9.17) is 0 Å². The number of benzene rings is 3. The Bertz CT molecular complexity index is 1190. The standard InChI is InChI=1S/C30H34N2O2S/c1-4-5-6-7-9-23-13-15-24(16-14-23)29(34)31-26-11-8-10-25(19-26)30-32(28(33)20-35-30)27-17-12-21(2)18-22(27)3/h8,10-19,30H,4-7,9,20H2,1-3H3,(H,31,34)/t30-/m0/s1. The molecule has 3 aromatic carbocycles. The van der Waals surface area contributed by atoms with Crippen molar-refractivity contribution < 1.29 is 9.59 Å². The van der Waals surface area contributed by atoms with Crippen LogP contribution in [0, 0.1) is 13.8 Å². The summed E-state index contributed by atoms with van der Waals surface area (Å²) in [7, 11) is 0. The minimum atomic E-state index is -0.124. The number of unbranched alkanes of at least 4 members (excludes halogenated alkanes) is 3. The first-order valence-electron chi connectivity index (χ1n) is 12.5. The van der Waals surface area contributed by atoms with E-state index in [1.807, 2.05) is 60.4 Å².